The first-order chi connectivity index (χ1) is 8.22. The predicted octanol–water partition coefficient (Wildman–Crippen LogP) is 0.126. The van der Waals surface area contributed by atoms with Crippen molar-refractivity contribution >= 4 is 5.97 Å². The van der Waals surface area contributed by atoms with E-state index in [4.69, 9.17) is 14.6 Å². The van der Waals surface area contributed by atoms with Gasteiger partial charge in [-0.05, 0) is 12.1 Å². The molecular formula is C12H13O5. The average molecular weight is 237 g/mol. The zero-order valence-corrected chi connectivity index (χ0v) is 9.02. The molecule has 1 heterocycles. The normalized spacial score (nSPS) is 28.0. The quantitative estimate of drug-likeness (QED) is 0.730. The van der Waals surface area contributed by atoms with Gasteiger partial charge < -0.3 is 19.7 Å². The number of aliphatic hydroxyl groups excluding tert-OH is 2. The number of hydrogen-bond donors (Lipinski definition) is 2. The summed E-state index contributed by atoms with van der Waals surface area (Å²) in [6.45, 7) is 0.906. The van der Waals surface area contributed by atoms with Crippen molar-refractivity contribution in [2.75, 3.05) is 6.61 Å². The highest BCUT2D eigenvalue weighted by molar-refractivity contribution is 5.89. The molecule has 2 N–H and O–H groups in total. The first-order valence-corrected chi connectivity index (χ1v) is 5.26. The Bertz CT molecular complexity index is 378. The topological polar surface area (TPSA) is 76.0 Å². The molecule has 1 radical (unpaired) electrons. The van der Waals surface area contributed by atoms with Crippen LogP contribution in [0.5, 0.6) is 0 Å². The van der Waals surface area contributed by atoms with Gasteiger partial charge in [-0.1, -0.05) is 18.2 Å². The van der Waals surface area contributed by atoms with Crippen molar-refractivity contribution in [3.05, 3.63) is 42.5 Å². The van der Waals surface area contributed by atoms with Crippen molar-refractivity contribution in [1.82, 2.24) is 0 Å². The van der Waals surface area contributed by atoms with E-state index in [2.05, 4.69) is 0 Å². The van der Waals surface area contributed by atoms with E-state index in [0.29, 0.717) is 5.56 Å². The van der Waals surface area contributed by atoms with E-state index in [1.54, 1.807) is 30.3 Å². The number of ether oxygens (including phenoxy) is 2. The summed E-state index contributed by atoms with van der Waals surface area (Å²) < 4.78 is 10.0. The summed E-state index contributed by atoms with van der Waals surface area (Å²) in [4.78, 5) is 11.7. The number of hydrogen-bond acceptors (Lipinski definition) is 5. The second-order valence-electron chi connectivity index (χ2n) is 3.72. The molecule has 0 saturated carbocycles. The van der Waals surface area contributed by atoms with E-state index in [1.165, 1.54) is 6.61 Å². The highest BCUT2D eigenvalue weighted by Crippen LogP contribution is 2.21. The molecule has 3 atom stereocenters. The molecule has 1 saturated heterocycles. The second kappa shape index (κ2) is 5.27. The largest absolute Gasteiger partial charge is 0.453 e. The molecule has 0 spiro atoms. The fraction of sp³-hybridized carbons (Fsp3) is 0.333. The number of rotatable bonds is 3. The standard InChI is InChI=1S/C12H13O5/c13-6-9-11(14)10(7-16-9)17-12(15)8-4-2-1-3-5-8/h1-5,7,9-11,13-14H,6H2/t9-,10+,11-/m1/s1. The number of benzene rings is 1. The predicted molar refractivity (Wildman–Crippen MR) is 57.9 cm³/mol. The lowest BCUT2D eigenvalue weighted by Crippen LogP contribution is -2.34. The Morgan fingerprint density at radius 1 is 1.35 bits per heavy atom. The zero-order valence-electron chi connectivity index (χ0n) is 9.02. The highest BCUT2D eigenvalue weighted by Gasteiger charge is 2.38. The van der Waals surface area contributed by atoms with Gasteiger partial charge in [-0.25, -0.2) is 4.79 Å². The SMILES string of the molecule is O=C(O[C@H]1[CH]O[C@H](CO)[C@H]1O)c1ccccc1. The van der Waals surface area contributed by atoms with Gasteiger partial charge in [0.15, 0.2) is 6.10 Å². The molecule has 2 rings (SSSR count). The molecule has 1 aliphatic heterocycles. The third-order valence-corrected chi connectivity index (χ3v) is 2.54. The fourth-order valence-corrected chi connectivity index (χ4v) is 1.57. The van der Waals surface area contributed by atoms with Crippen molar-refractivity contribution in [3.8, 4) is 0 Å². The van der Waals surface area contributed by atoms with Crippen LogP contribution in [-0.4, -0.2) is 41.1 Å². The smallest absolute Gasteiger partial charge is 0.338 e. The first-order valence-electron chi connectivity index (χ1n) is 5.26. The summed E-state index contributed by atoms with van der Waals surface area (Å²) >= 11 is 0. The maximum atomic E-state index is 11.7. The Morgan fingerprint density at radius 3 is 2.65 bits per heavy atom. The van der Waals surface area contributed by atoms with Crippen LogP contribution in [-0.2, 0) is 9.47 Å². The van der Waals surface area contributed by atoms with Crippen molar-refractivity contribution in [1.29, 1.82) is 0 Å². The van der Waals surface area contributed by atoms with Crippen LogP contribution >= 0.6 is 0 Å². The molecule has 1 aromatic carbocycles. The van der Waals surface area contributed by atoms with Crippen molar-refractivity contribution in [2.45, 2.75) is 18.3 Å². The number of carbonyl (C=O) groups is 1. The van der Waals surface area contributed by atoms with E-state index < -0.39 is 24.3 Å². The summed E-state index contributed by atoms with van der Waals surface area (Å²) in [5.74, 6) is -0.534. The summed E-state index contributed by atoms with van der Waals surface area (Å²) in [6.07, 6.45) is -2.61. The minimum atomic E-state index is -1.03. The second-order valence-corrected chi connectivity index (χ2v) is 3.72. The number of esters is 1. The molecule has 0 bridgehead atoms. The summed E-state index contributed by atoms with van der Waals surface area (Å²) in [6, 6.07) is 8.47. The van der Waals surface area contributed by atoms with Crippen LogP contribution in [0.25, 0.3) is 0 Å². The summed E-state index contributed by atoms with van der Waals surface area (Å²) in [5, 5.41) is 18.5. The molecule has 91 valence electrons. The van der Waals surface area contributed by atoms with Crippen LogP contribution in [0.4, 0.5) is 0 Å². The molecule has 0 unspecified atom stereocenters. The average Bonchev–Trinajstić information content (AvgIpc) is 2.71. The molecule has 1 aliphatic rings. The maximum absolute atomic E-state index is 11.7. The van der Waals surface area contributed by atoms with Gasteiger partial charge in [0.25, 0.3) is 0 Å². The summed E-state index contributed by atoms with van der Waals surface area (Å²) in [7, 11) is 0. The van der Waals surface area contributed by atoms with Gasteiger partial charge in [0.05, 0.1) is 12.2 Å². The molecule has 1 fully saturated rings. The molecule has 0 amide bonds. The van der Waals surface area contributed by atoms with Crippen LogP contribution < -0.4 is 0 Å². The molecule has 5 heteroatoms. The van der Waals surface area contributed by atoms with E-state index in [-0.39, 0.29) is 6.61 Å². The van der Waals surface area contributed by atoms with Crippen LogP contribution in [0.1, 0.15) is 10.4 Å². The maximum Gasteiger partial charge on any atom is 0.338 e. The van der Waals surface area contributed by atoms with E-state index >= 15 is 0 Å². The van der Waals surface area contributed by atoms with Crippen molar-refractivity contribution in [3.63, 3.8) is 0 Å². The lowest BCUT2D eigenvalue weighted by molar-refractivity contribution is -0.0173. The van der Waals surface area contributed by atoms with Crippen molar-refractivity contribution in [2.24, 2.45) is 0 Å². The van der Waals surface area contributed by atoms with E-state index in [0.717, 1.165) is 0 Å². The molecule has 5 nitrogen and oxygen atoms in total. The Morgan fingerprint density at radius 2 is 2.06 bits per heavy atom. The van der Waals surface area contributed by atoms with E-state index in [1.807, 2.05) is 0 Å². The molecule has 0 aliphatic carbocycles. The minimum Gasteiger partial charge on any atom is -0.453 e. The molecule has 17 heavy (non-hydrogen) atoms. The van der Waals surface area contributed by atoms with Crippen molar-refractivity contribution < 1.29 is 24.5 Å². The lowest BCUT2D eigenvalue weighted by atomic mass is 10.1. The highest BCUT2D eigenvalue weighted by atomic mass is 16.6. The van der Waals surface area contributed by atoms with Crippen LogP contribution in [0.2, 0.25) is 0 Å². The first kappa shape index (κ1) is 12.0. The van der Waals surface area contributed by atoms with Gasteiger partial charge in [0.2, 0.25) is 0 Å². The zero-order chi connectivity index (χ0) is 12.3. The van der Waals surface area contributed by atoms with Gasteiger partial charge in [-0.3, -0.25) is 0 Å². The Balaban J connectivity index is 1.96. The van der Waals surface area contributed by atoms with Gasteiger partial charge in [0, 0.05) is 0 Å². The molecule has 1 aromatic rings. The Kier molecular flexibility index (Phi) is 3.73. The third-order valence-electron chi connectivity index (χ3n) is 2.54. The Labute approximate surface area is 98.6 Å². The van der Waals surface area contributed by atoms with Gasteiger partial charge in [-0.15, -0.1) is 0 Å². The molecule has 0 aromatic heterocycles. The van der Waals surface area contributed by atoms with E-state index in [9.17, 15) is 9.90 Å². The van der Waals surface area contributed by atoms with Gasteiger partial charge in [0.1, 0.15) is 18.8 Å². The monoisotopic (exact) mass is 237 g/mol. The van der Waals surface area contributed by atoms with Crippen LogP contribution in [0, 0.1) is 6.61 Å². The molecular weight excluding hydrogens is 224 g/mol. The lowest BCUT2D eigenvalue weighted by Gasteiger charge is -2.16. The fourth-order valence-electron chi connectivity index (χ4n) is 1.57. The van der Waals surface area contributed by atoms with Crippen LogP contribution in [0.3, 0.4) is 0 Å². The third kappa shape index (κ3) is 2.63. The van der Waals surface area contributed by atoms with Gasteiger partial charge >= 0.3 is 5.97 Å². The van der Waals surface area contributed by atoms with Gasteiger partial charge in [-0.2, -0.15) is 0 Å². The number of carbonyl (C=O) groups excluding carboxylic acids is 1. The summed E-state index contributed by atoms with van der Waals surface area (Å²) in [5.41, 5.74) is 0.403. The van der Waals surface area contributed by atoms with Crippen LogP contribution in [0.15, 0.2) is 30.3 Å². The Hall–Kier alpha value is -1.43. The number of aliphatic hydroxyl groups is 2. The minimum absolute atomic E-state index is 0.322.